The maximum absolute atomic E-state index is 12.7. The lowest BCUT2D eigenvalue weighted by Gasteiger charge is -2.15. The summed E-state index contributed by atoms with van der Waals surface area (Å²) in [4.78, 5) is 10.5. The normalized spacial score (nSPS) is 13.7. The number of carbonyl (C=O) groups excluding carboxylic acids is 1. The number of halogens is 3. The number of nitrogens with zero attached hydrogens (tertiary/aromatic N) is 3. The van der Waals surface area contributed by atoms with Crippen molar-refractivity contribution in [3.05, 3.63) is 11.4 Å². The monoisotopic (exact) mass is 251 g/mol. The van der Waals surface area contributed by atoms with Gasteiger partial charge in [0.05, 0.1) is 6.04 Å². The minimum absolute atomic E-state index is 0.0328. The van der Waals surface area contributed by atoms with Crippen molar-refractivity contribution in [2.45, 2.75) is 32.0 Å². The van der Waals surface area contributed by atoms with Crippen LogP contribution >= 0.6 is 0 Å². The second-order valence-electron chi connectivity index (χ2n) is 3.60. The van der Waals surface area contributed by atoms with Crippen LogP contribution in [0.3, 0.4) is 0 Å². The summed E-state index contributed by atoms with van der Waals surface area (Å²) in [6.45, 7) is 1.41. The lowest BCUT2D eigenvalue weighted by atomic mass is 10.2. The number of aliphatic hydroxyl groups excluding tert-OH is 1. The van der Waals surface area contributed by atoms with Crippen LogP contribution < -0.4 is 0 Å². The first-order chi connectivity index (χ1) is 7.91. The van der Waals surface area contributed by atoms with E-state index in [4.69, 9.17) is 5.11 Å². The summed E-state index contributed by atoms with van der Waals surface area (Å²) >= 11 is 0. The molecule has 1 N–H and O–H groups in total. The summed E-state index contributed by atoms with van der Waals surface area (Å²) in [5.74, 6) is 0. The summed E-state index contributed by atoms with van der Waals surface area (Å²) < 4.78 is 38.8. The highest BCUT2D eigenvalue weighted by atomic mass is 19.4. The van der Waals surface area contributed by atoms with Gasteiger partial charge in [-0.2, -0.15) is 13.2 Å². The van der Waals surface area contributed by atoms with E-state index in [1.165, 1.54) is 6.92 Å². The van der Waals surface area contributed by atoms with Crippen LogP contribution in [0.1, 0.15) is 42.0 Å². The second-order valence-corrected chi connectivity index (χ2v) is 3.60. The van der Waals surface area contributed by atoms with Crippen molar-refractivity contribution in [1.29, 1.82) is 0 Å². The van der Waals surface area contributed by atoms with Gasteiger partial charge in [0.2, 0.25) is 0 Å². The van der Waals surface area contributed by atoms with Gasteiger partial charge in [0.1, 0.15) is 0 Å². The summed E-state index contributed by atoms with van der Waals surface area (Å²) in [5.41, 5.74) is -1.86. The van der Waals surface area contributed by atoms with Gasteiger partial charge >= 0.3 is 6.18 Å². The van der Waals surface area contributed by atoms with Gasteiger partial charge in [-0.15, -0.1) is 5.10 Å². The summed E-state index contributed by atoms with van der Waals surface area (Å²) in [6.07, 6.45) is -3.96. The van der Waals surface area contributed by atoms with Crippen molar-refractivity contribution in [3.63, 3.8) is 0 Å². The highest BCUT2D eigenvalue weighted by Gasteiger charge is 2.40. The first-order valence-corrected chi connectivity index (χ1v) is 5.00. The quantitative estimate of drug-likeness (QED) is 0.804. The van der Waals surface area contributed by atoms with Crippen molar-refractivity contribution in [1.82, 2.24) is 15.0 Å². The van der Waals surface area contributed by atoms with Gasteiger partial charge in [-0.3, -0.25) is 4.79 Å². The molecule has 1 heterocycles. The highest BCUT2D eigenvalue weighted by molar-refractivity contribution is 5.73. The number of hydrogen-bond acceptors (Lipinski definition) is 4. The van der Waals surface area contributed by atoms with Crippen molar-refractivity contribution in [2.75, 3.05) is 6.61 Å². The Morgan fingerprint density at radius 2 is 2.18 bits per heavy atom. The molecule has 96 valence electrons. The molecular weight excluding hydrogens is 239 g/mol. The molecule has 1 aromatic rings. The first-order valence-electron chi connectivity index (χ1n) is 5.00. The zero-order valence-electron chi connectivity index (χ0n) is 9.11. The maximum atomic E-state index is 12.7. The van der Waals surface area contributed by atoms with Crippen LogP contribution in [0.25, 0.3) is 0 Å². The molecule has 0 aliphatic rings. The molecule has 0 saturated carbocycles. The number of carbonyl (C=O) groups is 1. The SMILES string of the molecule is CC(CCCO)n1nnc(C=O)c1C(F)(F)F. The highest BCUT2D eigenvalue weighted by Crippen LogP contribution is 2.32. The standard InChI is InChI=1S/C9H12F3N3O2/c1-6(3-2-4-16)15-8(9(10,11)12)7(5-17)13-14-15/h5-6,16H,2-4H2,1H3. The van der Waals surface area contributed by atoms with Crippen LogP contribution in [-0.2, 0) is 6.18 Å². The lowest BCUT2D eigenvalue weighted by Crippen LogP contribution is -2.19. The van der Waals surface area contributed by atoms with E-state index in [1.807, 2.05) is 0 Å². The molecule has 0 aliphatic heterocycles. The van der Waals surface area contributed by atoms with Gasteiger partial charge in [-0.05, 0) is 19.8 Å². The van der Waals surface area contributed by atoms with Crippen LogP contribution in [0.4, 0.5) is 13.2 Å². The second kappa shape index (κ2) is 5.26. The average molecular weight is 251 g/mol. The Bertz CT molecular complexity index is 389. The Balaban J connectivity index is 3.07. The minimum Gasteiger partial charge on any atom is -0.396 e. The molecule has 0 amide bonds. The number of aromatic nitrogens is 3. The lowest BCUT2D eigenvalue weighted by molar-refractivity contribution is -0.145. The third kappa shape index (κ3) is 3.02. The van der Waals surface area contributed by atoms with Gasteiger partial charge in [0.15, 0.2) is 17.7 Å². The Morgan fingerprint density at radius 1 is 1.53 bits per heavy atom. The van der Waals surface area contributed by atoms with E-state index in [0.29, 0.717) is 17.5 Å². The molecule has 1 rings (SSSR count). The number of rotatable bonds is 5. The molecule has 1 aromatic heterocycles. The Labute approximate surface area is 95.2 Å². The molecule has 0 spiro atoms. The van der Waals surface area contributed by atoms with Crippen LogP contribution in [0.15, 0.2) is 0 Å². The number of aldehydes is 1. The number of alkyl halides is 3. The van der Waals surface area contributed by atoms with E-state index >= 15 is 0 Å². The van der Waals surface area contributed by atoms with Crippen LogP contribution in [0.5, 0.6) is 0 Å². The molecule has 1 unspecified atom stereocenters. The summed E-state index contributed by atoms with van der Waals surface area (Å²) in [7, 11) is 0. The van der Waals surface area contributed by atoms with Crippen molar-refractivity contribution in [2.24, 2.45) is 0 Å². The minimum atomic E-state index is -4.67. The fraction of sp³-hybridized carbons (Fsp3) is 0.667. The molecule has 0 fully saturated rings. The molecule has 1 atom stereocenters. The van der Waals surface area contributed by atoms with Gasteiger partial charge in [-0.25, -0.2) is 4.68 Å². The Morgan fingerprint density at radius 3 is 2.65 bits per heavy atom. The van der Waals surface area contributed by atoms with Crippen molar-refractivity contribution in [3.8, 4) is 0 Å². The van der Waals surface area contributed by atoms with E-state index < -0.39 is 23.6 Å². The molecular formula is C9H12F3N3O2. The van der Waals surface area contributed by atoms with E-state index in [9.17, 15) is 18.0 Å². The first kappa shape index (κ1) is 13.6. The third-order valence-corrected chi connectivity index (χ3v) is 2.30. The van der Waals surface area contributed by atoms with Crippen LogP contribution in [-0.4, -0.2) is 33.0 Å². The van der Waals surface area contributed by atoms with E-state index in [2.05, 4.69) is 10.3 Å². The molecule has 0 bridgehead atoms. The van der Waals surface area contributed by atoms with Gasteiger partial charge in [0, 0.05) is 6.61 Å². The van der Waals surface area contributed by atoms with E-state index in [1.54, 1.807) is 0 Å². The maximum Gasteiger partial charge on any atom is 0.435 e. The van der Waals surface area contributed by atoms with E-state index in [-0.39, 0.29) is 12.9 Å². The van der Waals surface area contributed by atoms with Gasteiger partial charge < -0.3 is 5.11 Å². The third-order valence-electron chi connectivity index (χ3n) is 2.30. The van der Waals surface area contributed by atoms with Crippen LogP contribution in [0.2, 0.25) is 0 Å². The molecule has 5 nitrogen and oxygen atoms in total. The molecule has 8 heteroatoms. The fourth-order valence-corrected chi connectivity index (χ4v) is 1.48. The number of aliphatic hydroxyl groups is 1. The molecule has 0 radical (unpaired) electrons. The van der Waals surface area contributed by atoms with Gasteiger partial charge in [-0.1, -0.05) is 5.21 Å². The fourth-order valence-electron chi connectivity index (χ4n) is 1.48. The largest absolute Gasteiger partial charge is 0.435 e. The molecule has 0 saturated heterocycles. The molecule has 0 aromatic carbocycles. The predicted octanol–water partition coefficient (Wildman–Crippen LogP) is 1.44. The molecule has 17 heavy (non-hydrogen) atoms. The van der Waals surface area contributed by atoms with Crippen molar-refractivity contribution >= 4 is 6.29 Å². The predicted molar refractivity (Wildman–Crippen MR) is 51.4 cm³/mol. The Kier molecular flexibility index (Phi) is 4.22. The summed E-state index contributed by atoms with van der Waals surface area (Å²) in [6, 6.07) is -0.583. The molecule has 0 aliphatic carbocycles. The van der Waals surface area contributed by atoms with E-state index in [0.717, 1.165) is 0 Å². The zero-order chi connectivity index (χ0) is 13.1. The Hall–Kier alpha value is -1.44. The van der Waals surface area contributed by atoms with Gasteiger partial charge in [0.25, 0.3) is 0 Å². The zero-order valence-corrected chi connectivity index (χ0v) is 9.11. The number of hydrogen-bond donors (Lipinski definition) is 1. The van der Waals surface area contributed by atoms with Crippen LogP contribution in [0, 0.1) is 0 Å². The van der Waals surface area contributed by atoms with Crippen molar-refractivity contribution < 1.29 is 23.1 Å². The summed E-state index contributed by atoms with van der Waals surface area (Å²) in [5, 5.41) is 15.2. The smallest absolute Gasteiger partial charge is 0.396 e. The topological polar surface area (TPSA) is 68.0 Å². The average Bonchev–Trinajstić information content (AvgIpc) is 2.69.